The zero-order chi connectivity index (χ0) is 16.2. The van der Waals surface area contributed by atoms with E-state index in [0.29, 0.717) is 6.54 Å². The van der Waals surface area contributed by atoms with Gasteiger partial charge in [0, 0.05) is 12.6 Å². The molecule has 0 aromatic heterocycles. The summed E-state index contributed by atoms with van der Waals surface area (Å²) in [4.78, 5) is 36.7. The molecule has 0 saturated heterocycles. The predicted molar refractivity (Wildman–Crippen MR) is 77.8 cm³/mol. The molecule has 1 saturated carbocycles. The van der Waals surface area contributed by atoms with Gasteiger partial charge in [0.2, 0.25) is 5.91 Å². The van der Waals surface area contributed by atoms with Gasteiger partial charge in [-0.2, -0.15) is 0 Å². The summed E-state index contributed by atoms with van der Waals surface area (Å²) < 4.78 is 0. The van der Waals surface area contributed by atoms with E-state index in [2.05, 4.69) is 10.6 Å². The summed E-state index contributed by atoms with van der Waals surface area (Å²) >= 11 is 0. The van der Waals surface area contributed by atoms with Crippen molar-refractivity contribution < 1.29 is 19.5 Å². The number of amides is 3. The smallest absolute Gasteiger partial charge is 0.329 e. The van der Waals surface area contributed by atoms with Crippen LogP contribution in [0.15, 0.2) is 0 Å². The van der Waals surface area contributed by atoms with E-state index in [1.807, 2.05) is 13.8 Å². The summed E-state index contributed by atoms with van der Waals surface area (Å²) in [6.45, 7) is 7.19. The molecule has 1 aliphatic rings. The molecule has 1 aliphatic carbocycles. The maximum absolute atomic E-state index is 12.2. The minimum absolute atomic E-state index is 0.00461. The average molecular weight is 299 g/mol. The summed E-state index contributed by atoms with van der Waals surface area (Å²) in [5.74, 6) is -1.34. The van der Waals surface area contributed by atoms with Crippen LogP contribution in [0.1, 0.15) is 40.5 Å². The van der Waals surface area contributed by atoms with Crippen LogP contribution in [0.5, 0.6) is 0 Å². The molecule has 0 bridgehead atoms. The Morgan fingerprint density at radius 2 is 1.90 bits per heavy atom. The van der Waals surface area contributed by atoms with Crippen LogP contribution in [-0.4, -0.2) is 52.6 Å². The van der Waals surface area contributed by atoms with Gasteiger partial charge in [-0.25, -0.2) is 9.59 Å². The number of urea groups is 1. The minimum atomic E-state index is -1.26. The molecule has 7 heteroatoms. The van der Waals surface area contributed by atoms with Crippen LogP contribution < -0.4 is 10.6 Å². The quantitative estimate of drug-likeness (QED) is 0.647. The van der Waals surface area contributed by atoms with Crippen LogP contribution in [0.2, 0.25) is 0 Å². The van der Waals surface area contributed by atoms with Gasteiger partial charge in [0.15, 0.2) is 0 Å². The Bertz CT molecular complexity index is 420. The van der Waals surface area contributed by atoms with Gasteiger partial charge in [-0.15, -0.1) is 0 Å². The van der Waals surface area contributed by atoms with Crippen molar-refractivity contribution >= 4 is 17.9 Å². The summed E-state index contributed by atoms with van der Waals surface area (Å²) in [6, 6.07) is -0.525. The van der Waals surface area contributed by atoms with Gasteiger partial charge >= 0.3 is 12.0 Å². The van der Waals surface area contributed by atoms with E-state index < -0.39 is 17.5 Å². The molecule has 0 heterocycles. The van der Waals surface area contributed by atoms with Crippen molar-refractivity contribution in [2.24, 2.45) is 5.92 Å². The van der Waals surface area contributed by atoms with E-state index >= 15 is 0 Å². The van der Waals surface area contributed by atoms with E-state index in [1.54, 1.807) is 6.92 Å². The van der Waals surface area contributed by atoms with Gasteiger partial charge in [0.25, 0.3) is 0 Å². The number of hydrogen-bond donors (Lipinski definition) is 3. The van der Waals surface area contributed by atoms with Crippen molar-refractivity contribution in [2.75, 3.05) is 13.1 Å². The monoisotopic (exact) mass is 299 g/mol. The largest absolute Gasteiger partial charge is 0.480 e. The highest BCUT2D eigenvalue weighted by Crippen LogP contribution is 2.39. The highest BCUT2D eigenvalue weighted by atomic mass is 16.4. The molecule has 3 amide bonds. The van der Waals surface area contributed by atoms with Crippen LogP contribution >= 0.6 is 0 Å². The predicted octanol–water partition coefficient (Wildman–Crippen LogP) is 0.796. The lowest BCUT2D eigenvalue weighted by atomic mass is 9.96. The highest BCUT2D eigenvalue weighted by Gasteiger charge is 2.49. The molecule has 1 unspecified atom stereocenters. The summed E-state index contributed by atoms with van der Waals surface area (Å²) in [5, 5.41) is 14.6. The third-order valence-corrected chi connectivity index (χ3v) is 3.66. The van der Waals surface area contributed by atoms with Crippen molar-refractivity contribution in [3.8, 4) is 0 Å². The van der Waals surface area contributed by atoms with Gasteiger partial charge < -0.3 is 20.6 Å². The van der Waals surface area contributed by atoms with Crippen molar-refractivity contribution in [1.82, 2.24) is 15.5 Å². The van der Waals surface area contributed by atoms with E-state index in [1.165, 1.54) is 11.8 Å². The number of carbonyl (C=O) groups is 3. The van der Waals surface area contributed by atoms with E-state index in [-0.39, 0.29) is 24.4 Å². The standard InChI is InChI=1S/C14H25N3O4/c1-5-17(8-11(18)15-9(2)3)13(21)16-14(4,12(19)20)10-6-7-10/h9-10H,5-8H2,1-4H3,(H,15,18)(H,16,21)(H,19,20). The Morgan fingerprint density at radius 3 is 2.29 bits per heavy atom. The fourth-order valence-corrected chi connectivity index (χ4v) is 2.16. The second-order valence-corrected chi connectivity index (χ2v) is 5.95. The molecule has 21 heavy (non-hydrogen) atoms. The third kappa shape index (κ3) is 4.61. The SMILES string of the molecule is CCN(CC(=O)NC(C)C)C(=O)NC(C)(C(=O)O)C1CC1. The number of rotatable bonds is 7. The van der Waals surface area contributed by atoms with Crippen LogP contribution in [0.3, 0.4) is 0 Å². The fraction of sp³-hybridized carbons (Fsp3) is 0.786. The van der Waals surface area contributed by atoms with E-state index in [9.17, 15) is 19.5 Å². The number of likely N-dealkylation sites (N-methyl/N-ethyl adjacent to an activating group) is 1. The van der Waals surface area contributed by atoms with Gasteiger partial charge in [-0.1, -0.05) is 0 Å². The van der Waals surface area contributed by atoms with Gasteiger partial charge in [0.05, 0.1) is 0 Å². The molecule has 3 N–H and O–H groups in total. The molecule has 0 aliphatic heterocycles. The van der Waals surface area contributed by atoms with Crippen molar-refractivity contribution in [1.29, 1.82) is 0 Å². The Morgan fingerprint density at radius 1 is 1.33 bits per heavy atom. The lowest BCUT2D eigenvalue weighted by Crippen LogP contribution is -2.58. The molecular formula is C14H25N3O4. The second kappa shape index (κ2) is 6.78. The van der Waals surface area contributed by atoms with Crippen LogP contribution in [-0.2, 0) is 9.59 Å². The van der Waals surface area contributed by atoms with Crippen molar-refractivity contribution in [3.63, 3.8) is 0 Å². The molecule has 120 valence electrons. The first-order valence-corrected chi connectivity index (χ1v) is 7.30. The summed E-state index contributed by atoms with van der Waals surface area (Å²) in [5.41, 5.74) is -1.26. The number of carboxylic acid groups (broad SMARTS) is 1. The maximum atomic E-state index is 12.2. The third-order valence-electron chi connectivity index (χ3n) is 3.66. The Balaban J connectivity index is 2.66. The summed E-state index contributed by atoms with van der Waals surface area (Å²) in [7, 11) is 0. The first-order chi connectivity index (χ1) is 9.70. The Hall–Kier alpha value is -1.79. The topological polar surface area (TPSA) is 98.7 Å². The lowest BCUT2D eigenvalue weighted by molar-refractivity contribution is -0.144. The molecule has 0 radical (unpaired) electrons. The molecule has 0 aromatic rings. The molecule has 1 rings (SSSR count). The van der Waals surface area contributed by atoms with Gasteiger partial charge in [0.1, 0.15) is 12.1 Å². The minimum Gasteiger partial charge on any atom is -0.480 e. The molecule has 1 atom stereocenters. The van der Waals surface area contributed by atoms with Crippen LogP contribution in [0.25, 0.3) is 0 Å². The Kier molecular flexibility index (Phi) is 5.57. The normalized spacial score (nSPS) is 17.0. The number of aliphatic carboxylic acids is 1. The molecule has 0 aromatic carbocycles. The van der Waals surface area contributed by atoms with Crippen LogP contribution in [0, 0.1) is 5.92 Å². The van der Waals surface area contributed by atoms with Gasteiger partial charge in [-0.3, -0.25) is 4.79 Å². The average Bonchev–Trinajstić information content (AvgIpc) is 3.18. The Labute approximate surface area is 125 Å². The molecular weight excluding hydrogens is 274 g/mol. The zero-order valence-electron chi connectivity index (χ0n) is 13.1. The summed E-state index contributed by atoms with van der Waals surface area (Å²) in [6.07, 6.45) is 1.59. The number of carbonyl (C=O) groups excluding carboxylic acids is 2. The van der Waals surface area contributed by atoms with E-state index in [0.717, 1.165) is 12.8 Å². The first-order valence-electron chi connectivity index (χ1n) is 7.30. The number of carboxylic acids is 1. The number of nitrogens with zero attached hydrogens (tertiary/aromatic N) is 1. The van der Waals surface area contributed by atoms with Crippen molar-refractivity contribution in [3.05, 3.63) is 0 Å². The molecule has 0 spiro atoms. The van der Waals surface area contributed by atoms with Gasteiger partial charge in [-0.05, 0) is 46.5 Å². The maximum Gasteiger partial charge on any atom is 0.329 e. The second-order valence-electron chi connectivity index (χ2n) is 5.95. The molecule has 7 nitrogen and oxygen atoms in total. The van der Waals surface area contributed by atoms with Crippen LogP contribution in [0.4, 0.5) is 4.79 Å². The first kappa shape index (κ1) is 17.3. The fourth-order valence-electron chi connectivity index (χ4n) is 2.16. The number of hydrogen-bond acceptors (Lipinski definition) is 3. The van der Waals surface area contributed by atoms with Crippen molar-refractivity contribution in [2.45, 2.75) is 52.1 Å². The lowest BCUT2D eigenvalue weighted by Gasteiger charge is -2.30. The van der Waals surface area contributed by atoms with E-state index in [4.69, 9.17) is 0 Å². The number of nitrogens with one attached hydrogen (secondary N) is 2. The highest BCUT2D eigenvalue weighted by molar-refractivity contribution is 5.89. The molecule has 1 fully saturated rings. The zero-order valence-corrected chi connectivity index (χ0v) is 13.1.